The lowest BCUT2D eigenvalue weighted by Crippen LogP contribution is -2.56. The van der Waals surface area contributed by atoms with Gasteiger partial charge in [-0.1, -0.05) is 0 Å². The Morgan fingerprint density at radius 2 is 1.83 bits per heavy atom. The maximum Gasteiger partial charge on any atom is 0.237 e. The minimum atomic E-state index is -0.106. The number of aryl methyl sites for hydroxylation is 1. The summed E-state index contributed by atoms with van der Waals surface area (Å²) in [6, 6.07) is 0.295. The average molecular weight is 420 g/mol. The van der Waals surface area contributed by atoms with E-state index >= 15 is 0 Å². The number of hydrogen-bond acceptors (Lipinski definition) is 6. The Bertz CT molecular complexity index is 718. The highest BCUT2D eigenvalue weighted by Crippen LogP contribution is 2.23. The Labute approximate surface area is 177 Å². The van der Waals surface area contributed by atoms with E-state index in [2.05, 4.69) is 25.5 Å². The molecule has 160 valence electrons. The van der Waals surface area contributed by atoms with Crippen LogP contribution in [0.15, 0.2) is 5.38 Å². The Kier molecular flexibility index (Phi) is 6.51. The summed E-state index contributed by atoms with van der Waals surface area (Å²) >= 11 is 1.70. The quantitative estimate of drug-likeness (QED) is 0.756. The Morgan fingerprint density at radius 3 is 2.41 bits per heavy atom. The first kappa shape index (κ1) is 20.8. The molecular weight excluding hydrogens is 386 g/mol. The summed E-state index contributed by atoms with van der Waals surface area (Å²) in [5, 5.41) is 6.34. The maximum atomic E-state index is 13.0. The lowest BCUT2D eigenvalue weighted by molar-refractivity contribution is -0.139. The fraction of sp³-hybridized carbons (Fsp3) is 0.762. The van der Waals surface area contributed by atoms with Crippen molar-refractivity contribution < 1.29 is 9.59 Å². The Morgan fingerprint density at radius 1 is 1.14 bits per heavy atom. The van der Waals surface area contributed by atoms with Crippen LogP contribution in [-0.2, 0) is 16.1 Å². The number of piperazine rings is 1. The standard InChI is InChI=1S/C21H33N5O2S/c1-15(20(27)23-18-3-4-18)25-9-11-26(12-10-25)21(28)17-5-7-24(8-6-17)13-19-14-29-16(2)22-19/h14-15,17-18H,3-13H2,1-2H3,(H,23,27). The number of carbonyl (C=O) groups is 2. The van der Waals surface area contributed by atoms with Crippen molar-refractivity contribution >= 4 is 23.2 Å². The van der Waals surface area contributed by atoms with Crippen LogP contribution in [0.2, 0.25) is 0 Å². The van der Waals surface area contributed by atoms with Crippen LogP contribution in [0.4, 0.5) is 0 Å². The number of rotatable bonds is 6. The first-order chi connectivity index (χ1) is 14.0. The molecule has 2 amide bonds. The molecule has 3 heterocycles. The van der Waals surface area contributed by atoms with Gasteiger partial charge >= 0.3 is 0 Å². The second kappa shape index (κ2) is 9.10. The summed E-state index contributed by atoms with van der Waals surface area (Å²) in [5.41, 5.74) is 1.15. The van der Waals surface area contributed by atoms with Crippen molar-refractivity contribution in [3.8, 4) is 0 Å². The van der Waals surface area contributed by atoms with Crippen molar-refractivity contribution in [2.45, 2.75) is 58.2 Å². The van der Waals surface area contributed by atoms with Crippen molar-refractivity contribution in [3.63, 3.8) is 0 Å². The van der Waals surface area contributed by atoms with Crippen molar-refractivity contribution in [1.29, 1.82) is 0 Å². The zero-order valence-electron chi connectivity index (χ0n) is 17.6. The first-order valence-corrected chi connectivity index (χ1v) is 11.8. The number of hydrogen-bond donors (Lipinski definition) is 1. The van der Waals surface area contributed by atoms with Crippen LogP contribution in [0, 0.1) is 12.8 Å². The van der Waals surface area contributed by atoms with Crippen molar-refractivity contribution in [2.24, 2.45) is 5.92 Å². The molecule has 0 aromatic carbocycles. The van der Waals surface area contributed by atoms with Gasteiger partial charge in [0.2, 0.25) is 11.8 Å². The number of thiazole rings is 1. The molecule has 2 saturated heterocycles. The van der Waals surface area contributed by atoms with Crippen molar-refractivity contribution in [2.75, 3.05) is 39.3 Å². The highest BCUT2D eigenvalue weighted by atomic mass is 32.1. The van der Waals surface area contributed by atoms with E-state index in [9.17, 15) is 9.59 Å². The third-order valence-electron chi connectivity index (χ3n) is 6.47. The minimum Gasteiger partial charge on any atom is -0.352 e. The van der Waals surface area contributed by atoms with Gasteiger partial charge in [0.15, 0.2) is 0 Å². The molecule has 1 aliphatic carbocycles. The van der Waals surface area contributed by atoms with Crippen LogP contribution in [0.3, 0.4) is 0 Å². The predicted molar refractivity (Wildman–Crippen MR) is 114 cm³/mol. The summed E-state index contributed by atoms with van der Waals surface area (Å²) < 4.78 is 0. The number of aromatic nitrogens is 1. The summed E-state index contributed by atoms with van der Waals surface area (Å²) in [7, 11) is 0. The first-order valence-electron chi connectivity index (χ1n) is 11.0. The van der Waals surface area contributed by atoms with Gasteiger partial charge in [-0.05, 0) is 52.6 Å². The molecule has 3 aliphatic rings. The zero-order chi connectivity index (χ0) is 20.4. The topological polar surface area (TPSA) is 68.8 Å². The summed E-state index contributed by atoms with van der Waals surface area (Å²) in [6.45, 7) is 9.88. The van der Waals surface area contributed by atoms with Crippen LogP contribution >= 0.6 is 11.3 Å². The predicted octanol–water partition coefficient (Wildman–Crippen LogP) is 1.47. The minimum absolute atomic E-state index is 0.106. The summed E-state index contributed by atoms with van der Waals surface area (Å²) in [6.07, 6.45) is 4.09. The van der Waals surface area contributed by atoms with Gasteiger partial charge < -0.3 is 10.2 Å². The van der Waals surface area contributed by atoms with Gasteiger partial charge in [-0.2, -0.15) is 0 Å². The number of likely N-dealkylation sites (tertiary alicyclic amines) is 1. The molecule has 8 heteroatoms. The van der Waals surface area contributed by atoms with Gasteiger partial charge in [0.05, 0.1) is 16.7 Å². The van der Waals surface area contributed by atoms with Crippen LogP contribution in [0.1, 0.15) is 43.3 Å². The van der Waals surface area contributed by atoms with E-state index in [1.807, 2.05) is 18.7 Å². The van der Waals surface area contributed by atoms with E-state index in [0.29, 0.717) is 11.9 Å². The molecule has 1 aromatic rings. The highest BCUT2D eigenvalue weighted by molar-refractivity contribution is 7.09. The SMILES string of the molecule is Cc1nc(CN2CCC(C(=O)N3CCN(C(C)C(=O)NC4CC4)CC3)CC2)cs1. The smallest absolute Gasteiger partial charge is 0.237 e. The van der Waals surface area contributed by atoms with Crippen molar-refractivity contribution in [3.05, 3.63) is 16.1 Å². The second-order valence-corrected chi connectivity index (χ2v) is 9.79. The lowest BCUT2D eigenvalue weighted by Gasteiger charge is -2.40. The molecule has 29 heavy (non-hydrogen) atoms. The molecule has 0 bridgehead atoms. The van der Waals surface area contributed by atoms with Crippen LogP contribution in [0.5, 0.6) is 0 Å². The molecule has 1 saturated carbocycles. The molecule has 7 nitrogen and oxygen atoms in total. The maximum absolute atomic E-state index is 13.0. The number of nitrogens with one attached hydrogen (secondary N) is 1. The molecule has 3 fully saturated rings. The van der Waals surface area contributed by atoms with E-state index in [1.165, 1.54) is 0 Å². The molecule has 0 radical (unpaired) electrons. The Balaban J connectivity index is 1.19. The normalized spacial score (nSPS) is 23.2. The average Bonchev–Trinajstić information content (AvgIpc) is 3.46. The number of carbonyl (C=O) groups excluding carboxylic acids is 2. The van der Waals surface area contributed by atoms with E-state index in [4.69, 9.17) is 0 Å². The fourth-order valence-corrected chi connectivity index (χ4v) is 4.95. The number of piperidine rings is 1. The monoisotopic (exact) mass is 419 g/mol. The van der Waals surface area contributed by atoms with Gasteiger partial charge in [0, 0.05) is 50.1 Å². The van der Waals surface area contributed by atoms with E-state index in [0.717, 1.165) is 82.2 Å². The zero-order valence-corrected chi connectivity index (χ0v) is 18.4. The van der Waals surface area contributed by atoms with Gasteiger partial charge in [0.1, 0.15) is 0 Å². The van der Waals surface area contributed by atoms with Gasteiger partial charge in [-0.3, -0.25) is 19.4 Å². The third kappa shape index (κ3) is 5.35. The Hall–Kier alpha value is -1.51. The van der Waals surface area contributed by atoms with Gasteiger partial charge in [-0.25, -0.2) is 4.98 Å². The van der Waals surface area contributed by atoms with Crippen LogP contribution in [0.25, 0.3) is 0 Å². The summed E-state index contributed by atoms with van der Waals surface area (Å²) in [4.78, 5) is 36.5. The molecule has 2 aliphatic heterocycles. The number of amides is 2. The highest BCUT2D eigenvalue weighted by Gasteiger charge is 2.33. The molecule has 1 aromatic heterocycles. The summed E-state index contributed by atoms with van der Waals surface area (Å²) in [5.74, 6) is 0.587. The molecule has 1 unspecified atom stereocenters. The number of nitrogens with zero attached hydrogens (tertiary/aromatic N) is 4. The molecular formula is C21H33N5O2S. The van der Waals surface area contributed by atoms with E-state index in [-0.39, 0.29) is 17.9 Å². The van der Waals surface area contributed by atoms with Gasteiger partial charge in [0.25, 0.3) is 0 Å². The van der Waals surface area contributed by atoms with Crippen molar-refractivity contribution in [1.82, 2.24) is 25.0 Å². The van der Waals surface area contributed by atoms with E-state index < -0.39 is 0 Å². The molecule has 4 rings (SSSR count). The van der Waals surface area contributed by atoms with Gasteiger partial charge in [-0.15, -0.1) is 11.3 Å². The molecule has 1 atom stereocenters. The third-order valence-corrected chi connectivity index (χ3v) is 7.29. The molecule has 0 spiro atoms. The lowest BCUT2D eigenvalue weighted by atomic mass is 9.95. The fourth-order valence-electron chi connectivity index (χ4n) is 4.35. The van der Waals surface area contributed by atoms with Crippen LogP contribution in [-0.4, -0.2) is 82.9 Å². The second-order valence-electron chi connectivity index (χ2n) is 8.73. The largest absolute Gasteiger partial charge is 0.352 e. The van der Waals surface area contributed by atoms with E-state index in [1.54, 1.807) is 11.3 Å². The van der Waals surface area contributed by atoms with Crippen LogP contribution < -0.4 is 5.32 Å². The molecule has 1 N–H and O–H groups in total.